The van der Waals surface area contributed by atoms with Crippen LogP contribution in [0.3, 0.4) is 0 Å². The second-order valence-corrected chi connectivity index (χ2v) is 6.47. The number of hydrogen-bond donors (Lipinski definition) is 2. The quantitative estimate of drug-likeness (QED) is 0.663. The molecule has 0 amide bonds. The van der Waals surface area contributed by atoms with Gasteiger partial charge in [-0.3, -0.25) is 11.3 Å². The molecule has 1 fully saturated rings. The maximum atomic E-state index is 13.6. The van der Waals surface area contributed by atoms with Gasteiger partial charge in [0, 0.05) is 5.54 Å². The molecule has 0 saturated heterocycles. The van der Waals surface area contributed by atoms with Crippen LogP contribution in [0.15, 0.2) is 18.2 Å². The molecule has 3 nitrogen and oxygen atoms in total. The summed E-state index contributed by atoms with van der Waals surface area (Å²) < 4.78 is 26.8. The molecule has 0 bridgehead atoms. The van der Waals surface area contributed by atoms with Crippen molar-refractivity contribution in [2.75, 3.05) is 14.1 Å². The minimum absolute atomic E-state index is 0.184. The van der Waals surface area contributed by atoms with Crippen molar-refractivity contribution >= 4 is 0 Å². The van der Waals surface area contributed by atoms with Crippen LogP contribution in [0, 0.1) is 17.6 Å². The zero-order valence-electron chi connectivity index (χ0n) is 13.0. The van der Waals surface area contributed by atoms with E-state index in [1.54, 1.807) is 6.07 Å². The zero-order chi connectivity index (χ0) is 15.6. The van der Waals surface area contributed by atoms with E-state index in [9.17, 15) is 8.78 Å². The number of halogens is 2. The second kappa shape index (κ2) is 6.38. The number of hydrazine groups is 1. The van der Waals surface area contributed by atoms with E-state index in [1.807, 2.05) is 14.1 Å². The smallest absolute Gasteiger partial charge is 0.159 e. The van der Waals surface area contributed by atoms with E-state index in [0.717, 1.165) is 19.3 Å². The Bertz CT molecular complexity index is 492. The molecule has 21 heavy (non-hydrogen) atoms. The molecule has 1 aliphatic carbocycles. The van der Waals surface area contributed by atoms with Crippen LogP contribution in [0.2, 0.25) is 0 Å². The van der Waals surface area contributed by atoms with Gasteiger partial charge in [-0.1, -0.05) is 25.8 Å². The van der Waals surface area contributed by atoms with Gasteiger partial charge in [0.05, 0.1) is 6.04 Å². The maximum absolute atomic E-state index is 13.6. The van der Waals surface area contributed by atoms with Gasteiger partial charge in [0.1, 0.15) is 0 Å². The fourth-order valence-electron chi connectivity index (χ4n) is 3.74. The summed E-state index contributed by atoms with van der Waals surface area (Å²) in [6.07, 6.45) is 4.28. The van der Waals surface area contributed by atoms with Gasteiger partial charge in [-0.2, -0.15) is 0 Å². The Balaban J connectivity index is 2.42. The lowest BCUT2D eigenvalue weighted by Gasteiger charge is -2.50. The number of benzene rings is 1. The Morgan fingerprint density at radius 1 is 1.33 bits per heavy atom. The summed E-state index contributed by atoms with van der Waals surface area (Å²) in [7, 11) is 4.06. The van der Waals surface area contributed by atoms with Crippen LogP contribution >= 0.6 is 0 Å². The molecule has 2 rings (SSSR count). The van der Waals surface area contributed by atoms with Gasteiger partial charge >= 0.3 is 0 Å². The summed E-state index contributed by atoms with van der Waals surface area (Å²) in [4.78, 5) is 2.18. The topological polar surface area (TPSA) is 41.3 Å². The van der Waals surface area contributed by atoms with Gasteiger partial charge in [-0.15, -0.1) is 0 Å². The van der Waals surface area contributed by atoms with Crippen molar-refractivity contribution < 1.29 is 8.78 Å². The third kappa shape index (κ3) is 3.10. The first-order valence-corrected chi connectivity index (χ1v) is 7.49. The molecule has 5 heteroatoms. The van der Waals surface area contributed by atoms with Gasteiger partial charge in [0.25, 0.3) is 0 Å². The highest BCUT2D eigenvalue weighted by atomic mass is 19.2. The molecular formula is C16H25F2N3. The van der Waals surface area contributed by atoms with Gasteiger partial charge in [-0.05, 0) is 50.6 Å². The van der Waals surface area contributed by atoms with E-state index < -0.39 is 11.6 Å². The molecule has 1 aromatic rings. The van der Waals surface area contributed by atoms with Crippen LogP contribution in [0.5, 0.6) is 0 Å². The maximum Gasteiger partial charge on any atom is 0.159 e. The van der Waals surface area contributed by atoms with E-state index >= 15 is 0 Å². The molecule has 0 heterocycles. The molecule has 1 aromatic carbocycles. The lowest BCUT2D eigenvalue weighted by molar-refractivity contribution is 0.0365. The van der Waals surface area contributed by atoms with Crippen LogP contribution in [0.1, 0.15) is 44.2 Å². The van der Waals surface area contributed by atoms with Crippen molar-refractivity contribution in [3.63, 3.8) is 0 Å². The first-order valence-electron chi connectivity index (χ1n) is 7.49. The molecule has 0 radical (unpaired) electrons. The van der Waals surface area contributed by atoms with Crippen molar-refractivity contribution in [2.24, 2.45) is 11.8 Å². The molecule has 1 saturated carbocycles. The standard InChI is InChI=1S/C16H25F2N3/c1-11-5-4-8-16(10-11,21(2)3)15(20-19)12-6-7-13(17)14(18)9-12/h6-7,9,11,15,20H,4-5,8,10,19H2,1-3H3. The minimum Gasteiger partial charge on any atom is -0.302 e. The third-order valence-electron chi connectivity index (χ3n) is 4.88. The number of nitrogens with one attached hydrogen (secondary N) is 1. The van der Waals surface area contributed by atoms with E-state index in [0.29, 0.717) is 11.5 Å². The summed E-state index contributed by atoms with van der Waals surface area (Å²) >= 11 is 0. The van der Waals surface area contributed by atoms with E-state index in [1.165, 1.54) is 18.6 Å². The summed E-state index contributed by atoms with van der Waals surface area (Å²) in [5.74, 6) is 4.73. The first kappa shape index (κ1) is 16.3. The Labute approximate surface area is 125 Å². The average molecular weight is 297 g/mol. The van der Waals surface area contributed by atoms with Gasteiger partial charge in [0.15, 0.2) is 11.6 Å². The highest BCUT2D eigenvalue weighted by Crippen LogP contribution is 2.43. The number of nitrogens with zero attached hydrogens (tertiary/aromatic N) is 1. The van der Waals surface area contributed by atoms with Crippen LogP contribution < -0.4 is 11.3 Å². The predicted octanol–water partition coefficient (Wildman–Crippen LogP) is 2.98. The average Bonchev–Trinajstić information content (AvgIpc) is 2.43. The minimum atomic E-state index is -0.828. The van der Waals surface area contributed by atoms with Gasteiger partial charge < -0.3 is 4.90 Å². The van der Waals surface area contributed by atoms with E-state index in [-0.39, 0.29) is 11.6 Å². The highest BCUT2D eigenvalue weighted by molar-refractivity contribution is 5.25. The SMILES string of the molecule is CC1CCCC(C(NN)c2ccc(F)c(F)c2)(N(C)C)C1. The fourth-order valence-corrected chi connectivity index (χ4v) is 3.74. The Kier molecular flexibility index (Phi) is 4.96. The van der Waals surface area contributed by atoms with Crippen molar-refractivity contribution in [1.82, 2.24) is 10.3 Å². The fraction of sp³-hybridized carbons (Fsp3) is 0.625. The molecule has 1 aliphatic rings. The highest BCUT2D eigenvalue weighted by Gasteiger charge is 2.44. The molecule has 0 aromatic heterocycles. The molecule has 3 unspecified atom stereocenters. The number of rotatable bonds is 4. The lowest BCUT2D eigenvalue weighted by Crippen LogP contribution is -2.57. The Morgan fingerprint density at radius 3 is 2.57 bits per heavy atom. The van der Waals surface area contributed by atoms with Crippen molar-refractivity contribution in [3.8, 4) is 0 Å². The normalized spacial score (nSPS) is 27.9. The number of hydrogen-bond acceptors (Lipinski definition) is 3. The Hall–Kier alpha value is -1.04. The molecule has 3 atom stereocenters. The summed E-state index contributed by atoms with van der Waals surface area (Å²) in [6, 6.07) is 3.81. The third-order valence-corrected chi connectivity index (χ3v) is 4.88. The van der Waals surface area contributed by atoms with Crippen LogP contribution in [-0.2, 0) is 0 Å². The van der Waals surface area contributed by atoms with Crippen molar-refractivity contribution in [2.45, 2.75) is 44.2 Å². The van der Waals surface area contributed by atoms with Crippen molar-refractivity contribution in [3.05, 3.63) is 35.4 Å². The summed E-state index contributed by atoms with van der Waals surface area (Å²) in [6.45, 7) is 2.23. The lowest BCUT2D eigenvalue weighted by atomic mass is 9.69. The van der Waals surface area contributed by atoms with Crippen LogP contribution in [0.25, 0.3) is 0 Å². The van der Waals surface area contributed by atoms with Crippen molar-refractivity contribution in [1.29, 1.82) is 0 Å². The molecule has 0 spiro atoms. The van der Waals surface area contributed by atoms with E-state index in [2.05, 4.69) is 17.2 Å². The summed E-state index contributed by atoms with van der Waals surface area (Å²) in [5.41, 5.74) is 3.36. The second-order valence-electron chi connectivity index (χ2n) is 6.47. The molecule has 0 aliphatic heterocycles. The summed E-state index contributed by atoms with van der Waals surface area (Å²) in [5, 5.41) is 0. The molecule has 3 N–H and O–H groups in total. The Morgan fingerprint density at radius 2 is 2.05 bits per heavy atom. The largest absolute Gasteiger partial charge is 0.302 e. The first-order chi connectivity index (χ1) is 9.90. The van der Waals surface area contributed by atoms with E-state index in [4.69, 9.17) is 5.84 Å². The van der Waals surface area contributed by atoms with Crippen LogP contribution in [-0.4, -0.2) is 24.5 Å². The molecular weight excluding hydrogens is 272 g/mol. The van der Waals surface area contributed by atoms with Gasteiger partial charge in [-0.25, -0.2) is 8.78 Å². The number of likely N-dealkylation sites (N-methyl/N-ethyl adjacent to an activating group) is 1. The monoisotopic (exact) mass is 297 g/mol. The van der Waals surface area contributed by atoms with Crippen LogP contribution in [0.4, 0.5) is 8.78 Å². The van der Waals surface area contributed by atoms with Gasteiger partial charge in [0.2, 0.25) is 0 Å². The predicted molar refractivity (Wildman–Crippen MR) is 80.5 cm³/mol. The number of nitrogens with two attached hydrogens (primary N) is 1. The molecule has 118 valence electrons. The zero-order valence-corrected chi connectivity index (χ0v) is 13.0.